The number of hydrogen-bond donors (Lipinski definition) is 1. The molecule has 0 fully saturated rings. The van der Waals surface area contributed by atoms with Crippen LogP contribution in [0, 0.1) is 0 Å². The Balaban J connectivity index is 0.000001000. The molecule has 0 heterocycles. The summed E-state index contributed by atoms with van der Waals surface area (Å²) in [6, 6.07) is 6.63. The van der Waals surface area contributed by atoms with E-state index in [4.69, 9.17) is 11.6 Å². The van der Waals surface area contributed by atoms with E-state index in [0.29, 0.717) is 10.8 Å². The molecule has 0 aliphatic rings. The van der Waals surface area contributed by atoms with Crippen LogP contribution in [0.4, 0.5) is 0 Å². The Morgan fingerprint density at radius 2 is 1.82 bits per heavy atom. The summed E-state index contributed by atoms with van der Waals surface area (Å²) in [5.41, 5.74) is 0. The monoisotopic (exact) mass is 200 g/mol. The molecule has 0 amide bonds. The molecule has 0 saturated heterocycles. The molecule has 0 atom stereocenters. The van der Waals surface area contributed by atoms with Gasteiger partial charge in [0, 0.05) is 5.02 Å². The van der Waals surface area contributed by atoms with Gasteiger partial charge in [-0.2, -0.15) is 0 Å². The van der Waals surface area contributed by atoms with Crippen LogP contribution in [-0.4, -0.2) is 33.8 Å². The van der Waals surface area contributed by atoms with Gasteiger partial charge in [0.15, 0.2) is 11.9 Å². The maximum atomic E-state index is 9.90. The zero-order valence-corrected chi connectivity index (χ0v) is 6.60. The number of rotatable bonds is 2. The van der Waals surface area contributed by atoms with Crippen LogP contribution in [0.5, 0.6) is 5.75 Å². The molecule has 0 aliphatic heterocycles. The first-order chi connectivity index (χ1) is 4.83. The normalized spacial score (nSPS) is 8.45. The van der Waals surface area contributed by atoms with Crippen LogP contribution in [0.1, 0.15) is 0 Å². The van der Waals surface area contributed by atoms with Crippen molar-refractivity contribution >= 4 is 53.1 Å². The average molecular weight is 201 g/mol. The Bertz CT molecular complexity index is 227. The van der Waals surface area contributed by atoms with Crippen molar-refractivity contribution < 1.29 is 8.39 Å². The Morgan fingerprint density at radius 3 is 2.27 bits per heavy atom. The van der Waals surface area contributed by atoms with Gasteiger partial charge >= 0.3 is 29.6 Å². The van der Waals surface area contributed by atoms with Gasteiger partial charge in [0.25, 0.3) is 0 Å². The Hall–Kier alpha value is 0.460. The van der Waals surface area contributed by atoms with E-state index in [1.165, 1.54) is 0 Å². The van der Waals surface area contributed by atoms with Crippen LogP contribution in [0.15, 0.2) is 24.3 Å². The zero-order valence-electron chi connectivity index (χ0n) is 4.95. The molecule has 1 aromatic carbocycles. The van der Waals surface area contributed by atoms with Crippen molar-refractivity contribution in [2.45, 2.75) is 0 Å². The van der Waals surface area contributed by atoms with Gasteiger partial charge in [-0.05, 0) is 24.3 Å². The molecule has 0 aliphatic carbocycles. The standard InChI is InChI=1S/C6H5ClO2S.Na.H/c7-5-1-3-6(4-2-5)9-10-8;;/h1-4,10H;;. The molecular weight excluding hydrogens is 195 g/mol. The second kappa shape index (κ2) is 6.03. The minimum absolute atomic E-state index is 0. The third kappa shape index (κ3) is 4.13. The number of halogens is 1. The molecule has 1 aromatic rings. The topological polar surface area (TPSA) is 26.3 Å². The van der Waals surface area contributed by atoms with Crippen LogP contribution in [-0.2, 0) is 11.9 Å². The molecule has 0 saturated carbocycles. The van der Waals surface area contributed by atoms with E-state index in [9.17, 15) is 4.21 Å². The summed E-state index contributed by atoms with van der Waals surface area (Å²) in [4.78, 5) is 0. The van der Waals surface area contributed by atoms with Gasteiger partial charge < -0.3 is 4.18 Å². The fourth-order valence-electron chi connectivity index (χ4n) is 0.538. The SMILES string of the molecule is O=[SH]Oc1ccc(Cl)cc1.[NaH]. The fourth-order valence-corrected chi connectivity index (χ4v) is 0.872. The summed E-state index contributed by atoms with van der Waals surface area (Å²) in [5, 5.41) is 0.634. The molecule has 1 rings (SSSR count). The molecule has 56 valence electrons. The van der Waals surface area contributed by atoms with Crippen molar-refractivity contribution in [3.8, 4) is 5.75 Å². The van der Waals surface area contributed by atoms with E-state index in [1.807, 2.05) is 0 Å². The molecule has 2 nitrogen and oxygen atoms in total. The first-order valence-electron chi connectivity index (χ1n) is 2.58. The van der Waals surface area contributed by atoms with Crippen molar-refractivity contribution in [1.82, 2.24) is 0 Å². The van der Waals surface area contributed by atoms with E-state index in [2.05, 4.69) is 4.18 Å². The molecule has 0 radical (unpaired) electrons. The van der Waals surface area contributed by atoms with Gasteiger partial charge in [-0.15, -0.1) is 0 Å². The number of benzene rings is 1. The van der Waals surface area contributed by atoms with E-state index in [-0.39, 0.29) is 41.5 Å². The van der Waals surface area contributed by atoms with Crippen LogP contribution < -0.4 is 4.18 Å². The van der Waals surface area contributed by atoms with Crippen LogP contribution >= 0.6 is 11.6 Å². The molecule has 0 N–H and O–H groups in total. The summed E-state index contributed by atoms with van der Waals surface area (Å²) >= 11 is 5.23. The predicted molar refractivity (Wildman–Crippen MR) is 48.8 cm³/mol. The second-order valence-corrected chi connectivity index (χ2v) is 2.39. The second-order valence-electron chi connectivity index (χ2n) is 1.62. The fraction of sp³-hybridized carbons (Fsp3) is 0. The quantitative estimate of drug-likeness (QED) is 0.568. The van der Waals surface area contributed by atoms with Gasteiger partial charge in [-0.3, -0.25) is 0 Å². The third-order valence-electron chi connectivity index (χ3n) is 0.956. The Kier molecular flexibility index (Phi) is 6.28. The van der Waals surface area contributed by atoms with Crippen molar-refractivity contribution in [2.75, 3.05) is 0 Å². The summed E-state index contributed by atoms with van der Waals surface area (Å²) < 4.78 is 14.5. The maximum absolute atomic E-state index is 9.90. The van der Waals surface area contributed by atoms with E-state index in [1.54, 1.807) is 24.3 Å². The van der Waals surface area contributed by atoms with E-state index in [0.717, 1.165) is 0 Å². The molecule has 11 heavy (non-hydrogen) atoms. The first-order valence-corrected chi connectivity index (χ1v) is 3.69. The molecule has 0 spiro atoms. The third-order valence-corrected chi connectivity index (χ3v) is 1.49. The summed E-state index contributed by atoms with van der Waals surface area (Å²) in [7, 11) is 0. The van der Waals surface area contributed by atoms with Gasteiger partial charge in [0.1, 0.15) is 5.75 Å². The molecule has 5 heteroatoms. The number of thiol groups is 1. The predicted octanol–water partition coefficient (Wildman–Crippen LogP) is 0.931. The molecular formula is C6H6ClNaO2S. The van der Waals surface area contributed by atoms with E-state index >= 15 is 0 Å². The summed E-state index contributed by atoms with van der Waals surface area (Å²) in [6.07, 6.45) is 0. The Labute approximate surface area is 95.9 Å². The molecule has 0 bridgehead atoms. The van der Waals surface area contributed by atoms with E-state index < -0.39 is 0 Å². The van der Waals surface area contributed by atoms with Crippen LogP contribution in [0.3, 0.4) is 0 Å². The van der Waals surface area contributed by atoms with Gasteiger partial charge in [-0.25, -0.2) is 4.21 Å². The van der Waals surface area contributed by atoms with Crippen molar-refractivity contribution in [1.29, 1.82) is 0 Å². The van der Waals surface area contributed by atoms with Crippen molar-refractivity contribution in [3.05, 3.63) is 29.3 Å². The Morgan fingerprint density at radius 1 is 1.27 bits per heavy atom. The van der Waals surface area contributed by atoms with Gasteiger partial charge in [0.05, 0.1) is 0 Å². The molecule has 0 unspecified atom stereocenters. The van der Waals surface area contributed by atoms with Crippen molar-refractivity contribution in [2.24, 2.45) is 0 Å². The van der Waals surface area contributed by atoms with Crippen molar-refractivity contribution in [3.63, 3.8) is 0 Å². The van der Waals surface area contributed by atoms with Gasteiger partial charge in [-0.1, -0.05) is 11.6 Å². The molecule has 0 aromatic heterocycles. The zero-order chi connectivity index (χ0) is 7.40. The number of hydrogen-bond acceptors (Lipinski definition) is 2. The van der Waals surface area contributed by atoms with Crippen LogP contribution in [0.25, 0.3) is 0 Å². The summed E-state index contributed by atoms with van der Waals surface area (Å²) in [5.74, 6) is 0.543. The first kappa shape index (κ1) is 11.5. The average Bonchev–Trinajstić information content (AvgIpc) is 1.95. The minimum atomic E-state index is -0.347. The van der Waals surface area contributed by atoms with Crippen LogP contribution in [0.2, 0.25) is 5.02 Å². The summed E-state index contributed by atoms with van der Waals surface area (Å²) in [6.45, 7) is 0. The van der Waals surface area contributed by atoms with Gasteiger partial charge in [0.2, 0.25) is 0 Å².